The standard InChI is InChI=1S/C8H16N4/c1-8(2,3)6(12-9)7-10-4-5-11-7/h4-6,12H,9H2,1-3H3,(H,10,11). The predicted octanol–water partition coefficient (Wildman–Crippen LogP) is 0.960. The lowest BCUT2D eigenvalue weighted by molar-refractivity contribution is 0.266. The summed E-state index contributed by atoms with van der Waals surface area (Å²) < 4.78 is 0. The average Bonchev–Trinajstić information content (AvgIpc) is 2.38. The third kappa shape index (κ3) is 1.84. The molecule has 1 unspecified atom stereocenters. The van der Waals surface area contributed by atoms with Gasteiger partial charge in [-0.2, -0.15) is 0 Å². The Balaban J connectivity index is 2.84. The monoisotopic (exact) mass is 168 g/mol. The van der Waals surface area contributed by atoms with Crippen LogP contribution in [-0.4, -0.2) is 9.97 Å². The molecule has 4 nitrogen and oxygen atoms in total. The number of aromatic nitrogens is 2. The smallest absolute Gasteiger partial charge is 0.125 e. The molecule has 1 heterocycles. The molecule has 68 valence electrons. The van der Waals surface area contributed by atoms with Crippen LogP contribution >= 0.6 is 0 Å². The van der Waals surface area contributed by atoms with Crippen molar-refractivity contribution in [2.45, 2.75) is 26.8 Å². The molecule has 1 atom stereocenters. The minimum absolute atomic E-state index is 0.0621. The summed E-state index contributed by atoms with van der Waals surface area (Å²) in [6, 6.07) is 0.0625. The molecule has 0 aliphatic heterocycles. The molecule has 0 fully saturated rings. The number of hydrogen-bond acceptors (Lipinski definition) is 3. The Morgan fingerprint density at radius 1 is 1.58 bits per heavy atom. The van der Waals surface area contributed by atoms with Crippen molar-refractivity contribution in [1.82, 2.24) is 15.4 Å². The van der Waals surface area contributed by atoms with Gasteiger partial charge in [0, 0.05) is 12.4 Å². The van der Waals surface area contributed by atoms with Crippen LogP contribution in [0.3, 0.4) is 0 Å². The lowest BCUT2D eigenvalue weighted by Crippen LogP contribution is -2.37. The molecule has 0 aliphatic carbocycles. The number of hydrogen-bond donors (Lipinski definition) is 3. The van der Waals surface area contributed by atoms with Crippen molar-refractivity contribution in [3.05, 3.63) is 18.2 Å². The summed E-state index contributed by atoms with van der Waals surface area (Å²) in [7, 11) is 0. The fraction of sp³-hybridized carbons (Fsp3) is 0.625. The summed E-state index contributed by atoms with van der Waals surface area (Å²) in [5.41, 5.74) is 2.81. The fourth-order valence-electron chi connectivity index (χ4n) is 1.17. The van der Waals surface area contributed by atoms with Gasteiger partial charge in [0.2, 0.25) is 0 Å². The number of imidazole rings is 1. The van der Waals surface area contributed by atoms with Gasteiger partial charge in [-0.1, -0.05) is 20.8 Å². The number of nitrogens with zero attached hydrogens (tertiary/aromatic N) is 1. The van der Waals surface area contributed by atoms with Crippen LogP contribution in [-0.2, 0) is 0 Å². The maximum Gasteiger partial charge on any atom is 0.125 e. The summed E-state index contributed by atoms with van der Waals surface area (Å²) in [4.78, 5) is 7.20. The van der Waals surface area contributed by atoms with Gasteiger partial charge < -0.3 is 4.98 Å². The lowest BCUT2D eigenvalue weighted by Gasteiger charge is -2.28. The van der Waals surface area contributed by atoms with E-state index in [4.69, 9.17) is 5.84 Å². The first kappa shape index (κ1) is 9.22. The summed E-state index contributed by atoms with van der Waals surface area (Å²) >= 11 is 0. The molecule has 1 rings (SSSR count). The predicted molar refractivity (Wildman–Crippen MR) is 48.1 cm³/mol. The second-order valence-corrected chi connectivity index (χ2v) is 3.94. The first-order chi connectivity index (χ1) is 5.55. The summed E-state index contributed by atoms with van der Waals surface area (Å²) in [5.74, 6) is 6.32. The molecule has 0 saturated heterocycles. The van der Waals surface area contributed by atoms with E-state index in [2.05, 4.69) is 36.2 Å². The van der Waals surface area contributed by atoms with Gasteiger partial charge in [0.15, 0.2) is 0 Å². The minimum atomic E-state index is 0.0621. The van der Waals surface area contributed by atoms with Gasteiger partial charge in [0.05, 0.1) is 6.04 Å². The molecular weight excluding hydrogens is 152 g/mol. The Morgan fingerprint density at radius 2 is 2.25 bits per heavy atom. The van der Waals surface area contributed by atoms with Crippen LogP contribution in [0.4, 0.5) is 0 Å². The Morgan fingerprint density at radius 3 is 2.58 bits per heavy atom. The second kappa shape index (κ2) is 3.25. The molecule has 0 amide bonds. The van der Waals surface area contributed by atoms with Gasteiger partial charge in [0.1, 0.15) is 5.82 Å². The number of nitrogens with two attached hydrogens (primary N) is 1. The quantitative estimate of drug-likeness (QED) is 0.455. The Bertz CT molecular complexity index is 222. The number of nitrogens with one attached hydrogen (secondary N) is 2. The molecular formula is C8H16N4. The normalized spacial score (nSPS) is 14.7. The SMILES string of the molecule is CC(C)(C)C(NN)c1ncc[nH]1. The molecule has 1 aromatic rings. The van der Waals surface area contributed by atoms with Crippen molar-refractivity contribution >= 4 is 0 Å². The molecule has 4 heteroatoms. The van der Waals surface area contributed by atoms with Crippen LogP contribution in [0.5, 0.6) is 0 Å². The van der Waals surface area contributed by atoms with Crippen molar-refractivity contribution in [2.24, 2.45) is 11.3 Å². The van der Waals surface area contributed by atoms with Crippen molar-refractivity contribution in [2.75, 3.05) is 0 Å². The zero-order valence-corrected chi connectivity index (χ0v) is 7.76. The van der Waals surface area contributed by atoms with Crippen LogP contribution in [0.15, 0.2) is 12.4 Å². The van der Waals surface area contributed by atoms with E-state index in [0.717, 1.165) is 5.82 Å². The van der Waals surface area contributed by atoms with Crippen molar-refractivity contribution < 1.29 is 0 Å². The van der Waals surface area contributed by atoms with Crippen molar-refractivity contribution in [3.8, 4) is 0 Å². The van der Waals surface area contributed by atoms with E-state index in [1.54, 1.807) is 12.4 Å². The lowest BCUT2D eigenvalue weighted by atomic mass is 9.87. The van der Waals surface area contributed by atoms with Crippen molar-refractivity contribution in [1.29, 1.82) is 0 Å². The molecule has 0 spiro atoms. The number of rotatable bonds is 2. The van der Waals surface area contributed by atoms with Crippen molar-refractivity contribution in [3.63, 3.8) is 0 Å². The van der Waals surface area contributed by atoms with Crippen LogP contribution in [0, 0.1) is 5.41 Å². The molecule has 12 heavy (non-hydrogen) atoms. The average molecular weight is 168 g/mol. The van der Waals surface area contributed by atoms with Crippen LogP contribution in [0.25, 0.3) is 0 Å². The fourth-order valence-corrected chi connectivity index (χ4v) is 1.17. The zero-order valence-electron chi connectivity index (χ0n) is 7.76. The van der Waals surface area contributed by atoms with Gasteiger partial charge in [0.25, 0.3) is 0 Å². The van der Waals surface area contributed by atoms with E-state index < -0.39 is 0 Å². The van der Waals surface area contributed by atoms with Crippen LogP contribution < -0.4 is 11.3 Å². The second-order valence-electron chi connectivity index (χ2n) is 3.94. The van der Waals surface area contributed by atoms with Crippen LogP contribution in [0.1, 0.15) is 32.6 Å². The highest BCUT2D eigenvalue weighted by atomic mass is 15.3. The van der Waals surface area contributed by atoms with E-state index in [9.17, 15) is 0 Å². The molecule has 4 N–H and O–H groups in total. The molecule has 0 radical (unpaired) electrons. The Labute approximate surface area is 72.5 Å². The van der Waals surface area contributed by atoms with E-state index in [1.807, 2.05) is 0 Å². The molecule has 0 saturated carbocycles. The van der Waals surface area contributed by atoms with Gasteiger partial charge in [-0.3, -0.25) is 5.84 Å². The number of hydrazine groups is 1. The van der Waals surface area contributed by atoms with Gasteiger partial charge in [-0.05, 0) is 5.41 Å². The van der Waals surface area contributed by atoms with Gasteiger partial charge in [-0.25, -0.2) is 10.4 Å². The van der Waals surface area contributed by atoms with E-state index in [1.165, 1.54) is 0 Å². The summed E-state index contributed by atoms with van der Waals surface area (Å²) in [5, 5.41) is 0. The topological polar surface area (TPSA) is 66.7 Å². The van der Waals surface area contributed by atoms with E-state index in [-0.39, 0.29) is 11.5 Å². The molecule has 0 aromatic carbocycles. The molecule has 0 aliphatic rings. The maximum absolute atomic E-state index is 5.44. The highest BCUT2D eigenvalue weighted by molar-refractivity contribution is 4.99. The minimum Gasteiger partial charge on any atom is -0.347 e. The maximum atomic E-state index is 5.44. The number of H-pyrrole nitrogens is 1. The molecule has 1 aromatic heterocycles. The Hall–Kier alpha value is -0.870. The van der Waals surface area contributed by atoms with Gasteiger partial charge >= 0.3 is 0 Å². The third-order valence-electron chi connectivity index (χ3n) is 1.83. The first-order valence-electron chi connectivity index (χ1n) is 4.01. The zero-order chi connectivity index (χ0) is 9.19. The summed E-state index contributed by atoms with van der Waals surface area (Å²) in [6.45, 7) is 6.33. The third-order valence-corrected chi connectivity index (χ3v) is 1.83. The highest BCUT2D eigenvalue weighted by Crippen LogP contribution is 2.29. The summed E-state index contributed by atoms with van der Waals surface area (Å²) in [6.07, 6.45) is 3.52. The first-order valence-corrected chi connectivity index (χ1v) is 4.01. The van der Waals surface area contributed by atoms with Gasteiger partial charge in [-0.15, -0.1) is 0 Å². The van der Waals surface area contributed by atoms with E-state index >= 15 is 0 Å². The van der Waals surface area contributed by atoms with E-state index in [0.29, 0.717) is 0 Å². The van der Waals surface area contributed by atoms with Crippen LogP contribution in [0.2, 0.25) is 0 Å². The highest BCUT2D eigenvalue weighted by Gasteiger charge is 2.26. The largest absolute Gasteiger partial charge is 0.347 e. The number of aromatic amines is 1. The molecule has 0 bridgehead atoms. The Kier molecular flexibility index (Phi) is 2.49.